The van der Waals surface area contributed by atoms with Crippen molar-refractivity contribution >= 4 is 17.5 Å². The Morgan fingerprint density at radius 1 is 1.00 bits per heavy atom. The maximum absolute atomic E-state index is 13.8. The average molecular weight is 502 g/mol. The van der Waals surface area contributed by atoms with Gasteiger partial charge in [-0.25, -0.2) is 8.78 Å². The highest BCUT2D eigenvalue weighted by molar-refractivity contribution is 5.96. The van der Waals surface area contributed by atoms with Crippen LogP contribution < -0.4 is 19.7 Å². The van der Waals surface area contributed by atoms with E-state index in [1.807, 2.05) is 12.1 Å². The van der Waals surface area contributed by atoms with Crippen molar-refractivity contribution in [1.82, 2.24) is 10.2 Å². The van der Waals surface area contributed by atoms with Gasteiger partial charge in [0.1, 0.15) is 0 Å². The number of nitrogens with zero attached hydrogens (tertiary/aromatic N) is 2. The number of hydrogen-bond donors (Lipinski definition) is 1. The van der Waals surface area contributed by atoms with Gasteiger partial charge in [0.2, 0.25) is 11.8 Å². The zero-order valence-electron chi connectivity index (χ0n) is 20.8. The maximum atomic E-state index is 13.8. The predicted molar refractivity (Wildman–Crippen MR) is 133 cm³/mol. The zero-order chi connectivity index (χ0) is 25.7. The number of likely N-dealkylation sites (tertiary alicyclic amines) is 1. The number of aryl methyl sites for hydroxylation is 1. The predicted octanol–water partition coefficient (Wildman–Crippen LogP) is 3.47. The molecule has 194 valence electrons. The number of carbonyl (C=O) groups excluding carboxylic acids is 2. The van der Waals surface area contributed by atoms with Crippen molar-refractivity contribution in [3.63, 3.8) is 0 Å². The second-order valence-corrected chi connectivity index (χ2v) is 9.34. The Balaban J connectivity index is 1.21. The monoisotopic (exact) mass is 501 g/mol. The first-order valence-electron chi connectivity index (χ1n) is 12.4. The molecule has 2 aromatic carbocycles. The Morgan fingerprint density at radius 2 is 1.72 bits per heavy atom. The van der Waals surface area contributed by atoms with Gasteiger partial charge < -0.3 is 24.6 Å². The van der Waals surface area contributed by atoms with Gasteiger partial charge >= 0.3 is 0 Å². The molecule has 0 aliphatic carbocycles. The van der Waals surface area contributed by atoms with Gasteiger partial charge in [-0.3, -0.25) is 9.59 Å². The molecule has 0 unspecified atom stereocenters. The number of fused-ring (bicyclic) bond motifs is 1. The standard InChI is InChI=1S/C27H33F2N3O4/c1-35-24-6-4-18(14-25(24)36-2)15-26(33)30-20-8-12-31(13-9-20)10-3-11-32-23-17-22(29)21(28)16-19(23)5-7-27(32)34/h4,6,14,16-17,20H,3,5,7-13,15H2,1-2H3,(H,30,33). The normalized spacial score (nSPS) is 16.6. The highest BCUT2D eigenvalue weighted by Gasteiger charge is 2.26. The fourth-order valence-electron chi connectivity index (χ4n) is 4.99. The number of amides is 2. The largest absolute Gasteiger partial charge is 0.493 e. The van der Waals surface area contributed by atoms with Gasteiger partial charge in [0.05, 0.1) is 20.6 Å². The van der Waals surface area contributed by atoms with E-state index >= 15 is 0 Å². The molecule has 2 aliphatic rings. The lowest BCUT2D eigenvalue weighted by molar-refractivity contribution is -0.121. The lowest BCUT2D eigenvalue weighted by atomic mass is 10.0. The molecule has 4 rings (SSSR count). The summed E-state index contributed by atoms with van der Waals surface area (Å²) < 4.78 is 37.9. The minimum absolute atomic E-state index is 0.0217. The smallest absolute Gasteiger partial charge is 0.227 e. The van der Waals surface area contributed by atoms with Crippen LogP contribution in [0.5, 0.6) is 11.5 Å². The Bertz CT molecular complexity index is 1100. The summed E-state index contributed by atoms with van der Waals surface area (Å²) in [5.74, 6) is -0.645. The molecule has 0 atom stereocenters. The molecule has 0 radical (unpaired) electrons. The number of carbonyl (C=O) groups is 2. The van der Waals surface area contributed by atoms with E-state index in [9.17, 15) is 18.4 Å². The fourth-order valence-corrected chi connectivity index (χ4v) is 4.99. The van der Waals surface area contributed by atoms with Crippen LogP contribution in [-0.4, -0.2) is 63.2 Å². The van der Waals surface area contributed by atoms with Gasteiger partial charge in [0, 0.05) is 43.9 Å². The zero-order valence-corrected chi connectivity index (χ0v) is 20.8. The molecule has 0 spiro atoms. The molecule has 1 N–H and O–H groups in total. The number of piperidine rings is 1. The number of halogens is 2. The van der Waals surface area contributed by atoms with Crippen LogP contribution in [0.15, 0.2) is 30.3 Å². The van der Waals surface area contributed by atoms with Crippen molar-refractivity contribution < 1.29 is 27.8 Å². The Labute approximate surface area is 210 Å². The lowest BCUT2D eigenvalue weighted by Crippen LogP contribution is -2.45. The Hall–Kier alpha value is -3.20. The summed E-state index contributed by atoms with van der Waals surface area (Å²) in [6.07, 6.45) is 3.47. The van der Waals surface area contributed by atoms with E-state index in [1.165, 1.54) is 6.07 Å². The molecule has 2 amide bonds. The third-order valence-corrected chi connectivity index (χ3v) is 6.94. The molecule has 7 nitrogen and oxygen atoms in total. The van der Waals surface area contributed by atoms with Crippen LogP contribution in [0, 0.1) is 11.6 Å². The molecular formula is C27H33F2N3O4. The number of methoxy groups -OCH3 is 2. The number of benzene rings is 2. The molecule has 2 heterocycles. The summed E-state index contributed by atoms with van der Waals surface area (Å²) in [6, 6.07) is 7.94. The topological polar surface area (TPSA) is 71.1 Å². The first kappa shape index (κ1) is 25.9. The number of anilines is 1. The average Bonchev–Trinajstić information content (AvgIpc) is 2.87. The second-order valence-electron chi connectivity index (χ2n) is 9.34. The van der Waals surface area contributed by atoms with Gasteiger partial charge in [0.15, 0.2) is 23.1 Å². The molecule has 0 bridgehead atoms. The second kappa shape index (κ2) is 11.7. The van der Waals surface area contributed by atoms with Crippen LogP contribution in [-0.2, 0) is 22.4 Å². The summed E-state index contributed by atoms with van der Waals surface area (Å²) in [5, 5.41) is 3.13. The third-order valence-electron chi connectivity index (χ3n) is 6.94. The first-order valence-corrected chi connectivity index (χ1v) is 12.4. The van der Waals surface area contributed by atoms with Crippen LogP contribution in [0.3, 0.4) is 0 Å². The minimum atomic E-state index is -0.927. The summed E-state index contributed by atoms with van der Waals surface area (Å²) in [6.45, 7) is 2.98. The molecule has 0 aromatic heterocycles. The number of rotatable bonds is 9. The van der Waals surface area contributed by atoms with Gasteiger partial charge in [-0.1, -0.05) is 6.07 Å². The Kier molecular flexibility index (Phi) is 8.40. The van der Waals surface area contributed by atoms with Crippen molar-refractivity contribution in [3.8, 4) is 11.5 Å². The van der Waals surface area contributed by atoms with Crippen LogP contribution in [0.2, 0.25) is 0 Å². The van der Waals surface area contributed by atoms with E-state index in [0.29, 0.717) is 42.1 Å². The van der Waals surface area contributed by atoms with E-state index in [0.717, 1.165) is 50.5 Å². The highest BCUT2D eigenvalue weighted by Crippen LogP contribution is 2.30. The highest BCUT2D eigenvalue weighted by atomic mass is 19.2. The number of ether oxygens (including phenoxy) is 2. The number of nitrogens with one attached hydrogen (secondary N) is 1. The maximum Gasteiger partial charge on any atom is 0.227 e. The van der Waals surface area contributed by atoms with E-state index in [4.69, 9.17) is 9.47 Å². The van der Waals surface area contributed by atoms with Crippen molar-refractivity contribution in [3.05, 3.63) is 53.1 Å². The molecule has 1 fully saturated rings. The Morgan fingerprint density at radius 3 is 2.44 bits per heavy atom. The molecule has 0 saturated carbocycles. The SMILES string of the molecule is COc1ccc(CC(=O)NC2CCN(CCCN3C(=O)CCc4cc(F)c(F)cc43)CC2)cc1OC. The third kappa shape index (κ3) is 6.13. The fraction of sp³-hybridized carbons (Fsp3) is 0.481. The summed E-state index contributed by atoms with van der Waals surface area (Å²) in [5.41, 5.74) is 2.03. The van der Waals surface area contributed by atoms with Crippen LogP contribution >= 0.6 is 0 Å². The van der Waals surface area contributed by atoms with Gasteiger partial charge in [-0.05, 0) is 61.6 Å². The molecule has 36 heavy (non-hydrogen) atoms. The van der Waals surface area contributed by atoms with Gasteiger partial charge in [-0.15, -0.1) is 0 Å². The molecule has 2 aromatic rings. The first-order chi connectivity index (χ1) is 17.4. The molecular weight excluding hydrogens is 468 g/mol. The van der Waals surface area contributed by atoms with Crippen LogP contribution in [0.1, 0.15) is 36.8 Å². The molecule has 2 aliphatic heterocycles. The van der Waals surface area contributed by atoms with Crippen molar-refractivity contribution in [1.29, 1.82) is 0 Å². The quantitative estimate of drug-likeness (QED) is 0.570. The molecule has 9 heteroatoms. The van der Waals surface area contributed by atoms with Crippen LogP contribution in [0.25, 0.3) is 0 Å². The van der Waals surface area contributed by atoms with Crippen molar-refractivity contribution in [2.45, 2.75) is 44.6 Å². The van der Waals surface area contributed by atoms with E-state index in [-0.39, 0.29) is 24.3 Å². The van der Waals surface area contributed by atoms with Crippen LogP contribution in [0.4, 0.5) is 14.5 Å². The van der Waals surface area contributed by atoms with E-state index in [2.05, 4.69) is 10.2 Å². The summed E-state index contributed by atoms with van der Waals surface area (Å²) >= 11 is 0. The van der Waals surface area contributed by atoms with Gasteiger partial charge in [-0.2, -0.15) is 0 Å². The summed E-state index contributed by atoms with van der Waals surface area (Å²) in [4.78, 5) is 28.9. The lowest BCUT2D eigenvalue weighted by Gasteiger charge is -2.34. The van der Waals surface area contributed by atoms with Crippen molar-refractivity contribution in [2.75, 3.05) is 45.3 Å². The number of hydrogen-bond acceptors (Lipinski definition) is 5. The van der Waals surface area contributed by atoms with E-state index in [1.54, 1.807) is 25.2 Å². The van der Waals surface area contributed by atoms with Crippen molar-refractivity contribution in [2.24, 2.45) is 0 Å². The summed E-state index contributed by atoms with van der Waals surface area (Å²) in [7, 11) is 3.14. The van der Waals surface area contributed by atoms with E-state index < -0.39 is 11.6 Å². The minimum Gasteiger partial charge on any atom is -0.493 e. The van der Waals surface area contributed by atoms with Gasteiger partial charge in [0.25, 0.3) is 0 Å². The molecule has 1 saturated heterocycles.